The third-order valence-electron chi connectivity index (χ3n) is 2.69. The van der Waals surface area contributed by atoms with Crippen molar-refractivity contribution in [1.29, 1.82) is 0 Å². The zero-order chi connectivity index (χ0) is 13.7. The van der Waals surface area contributed by atoms with Crippen LogP contribution in [0.1, 0.15) is 5.56 Å². The summed E-state index contributed by atoms with van der Waals surface area (Å²) < 4.78 is 6.39. The molecular formula is C15H14INO2. The third kappa shape index (κ3) is 3.96. The molecule has 0 fully saturated rings. The number of nitrogens with zero attached hydrogens (tertiary/aromatic N) is 1. The van der Waals surface area contributed by atoms with Crippen LogP contribution in [0.15, 0.2) is 54.6 Å². The maximum atomic E-state index is 11.9. The van der Waals surface area contributed by atoms with Crippen molar-refractivity contribution in [3.8, 4) is 0 Å². The van der Waals surface area contributed by atoms with E-state index in [1.54, 1.807) is 7.05 Å². The number of carbonyl (C=O) groups is 1. The van der Waals surface area contributed by atoms with Gasteiger partial charge in [-0.05, 0) is 52.4 Å². The fourth-order valence-electron chi connectivity index (χ4n) is 1.59. The Labute approximate surface area is 126 Å². The van der Waals surface area contributed by atoms with Crippen LogP contribution in [0.4, 0.5) is 10.5 Å². The van der Waals surface area contributed by atoms with Crippen molar-refractivity contribution < 1.29 is 9.53 Å². The lowest BCUT2D eigenvalue weighted by Crippen LogP contribution is -2.26. The molecule has 0 N–H and O–H groups in total. The van der Waals surface area contributed by atoms with E-state index in [4.69, 9.17) is 4.74 Å². The second-order valence-corrected chi connectivity index (χ2v) is 5.32. The Morgan fingerprint density at radius 2 is 1.74 bits per heavy atom. The Kier molecular flexibility index (Phi) is 4.79. The first-order valence-electron chi connectivity index (χ1n) is 5.87. The monoisotopic (exact) mass is 367 g/mol. The predicted molar refractivity (Wildman–Crippen MR) is 84.2 cm³/mol. The summed E-state index contributed by atoms with van der Waals surface area (Å²) in [6.07, 6.45) is -0.356. The Bertz CT molecular complexity index is 540. The normalized spacial score (nSPS) is 10.0. The van der Waals surface area contributed by atoms with Gasteiger partial charge in [-0.1, -0.05) is 30.3 Å². The molecule has 98 valence electrons. The van der Waals surface area contributed by atoms with Crippen LogP contribution < -0.4 is 4.90 Å². The molecule has 2 rings (SSSR count). The van der Waals surface area contributed by atoms with Gasteiger partial charge in [0.15, 0.2) is 0 Å². The van der Waals surface area contributed by atoms with Crippen LogP contribution in [0.25, 0.3) is 0 Å². The highest BCUT2D eigenvalue weighted by Gasteiger charge is 2.11. The van der Waals surface area contributed by atoms with E-state index >= 15 is 0 Å². The molecule has 0 atom stereocenters. The molecule has 0 aliphatic heterocycles. The number of ether oxygens (including phenoxy) is 1. The number of carbonyl (C=O) groups excluding carboxylic acids is 1. The molecule has 19 heavy (non-hydrogen) atoms. The molecule has 0 aliphatic carbocycles. The second kappa shape index (κ2) is 6.56. The number of anilines is 1. The van der Waals surface area contributed by atoms with Crippen molar-refractivity contribution in [2.45, 2.75) is 6.61 Å². The zero-order valence-corrected chi connectivity index (χ0v) is 12.7. The van der Waals surface area contributed by atoms with E-state index in [0.29, 0.717) is 0 Å². The van der Waals surface area contributed by atoms with Crippen molar-refractivity contribution in [1.82, 2.24) is 0 Å². The van der Waals surface area contributed by atoms with Crippen LogP contribution in [0, 0.1) is 3.57 Å². The summed E-state index contributed by atoms with van der Waals surface area (Å²) >= 11 is 2.23. The van der Waals surface area contributed by atoms with Gasteiger partial charge in [0.05, 0.1) is 0 Å². The highest BCUT2D eigenvalue weighted by molar-refractivity contribution is 14.1. The molecule has 0 unspecified atom stereocenters. The summed E-state index contributed by atoms with van der Waals surface area (Å²) in [5, 5.41) is 0. The van der Waals surface area contributed by atoms with Crippen molar-refractivity contribution in [3.05, 3.63) is 63.7 Å². The highest BCUT2D eigenvalue weighted by Crippen LogP contribution is 2.16. The summed E-state index contributed by atoms with van der Waals surface area (Å²) in [7, 11) is 1.70. The first-order valence-corrected chi connectivity index (χ1v) is 6.94. The number of amides is 1. The molecule has 0 aliphatic rings. The fourth-order valence-corrected chi connectivity index (χ4v) is 1.95. The van der Waals surface area contributed by atoms with Gasteiger partial charge in [0, 0.05) is 16.3 Å². The number of hydrogen-bond donors (Lipinski definition) is 0. The van der Waals surface area contributed by atoms with Gasteiger partial charge in [0.1, 0.15) is 6.61 Å². The minimum absolute atomic E-state index is 0.286. The van der Waals surface area contributed by atoms with Crippen molar-refractivity contribution in [2.24, 2.45) is 0 Å². The molecule has 1 amide bonds. The van der Waals surface area contributed by atoms with Gasteiger partial charge in [-0.15, -0.1) is 0 Å². The van der Waals surface area contributed by atoms with Crippen LogP contribution in [0.3, 0.4) is 0 Å². The van der Waals surface area contributed by atoms with E-state index in [1.165, 1.54) is 4.90 Å². The fraction of sp³-hybridized carbons (Fsp3) is 0.133. The Morgan fingerprint density at radius 1 is 1.11 bits per heavy atom. The van der Waals surface area contributed by atoms with E-state index in [9.17, 15) is 4.79 Å². The minimum atomic E-state index is -0.356. The van der Waals surface area contributed by atoms with Gasteiger partial charge in [-0.3, -0.25) is 4.90 Å². The van der Waals surface area contributed by atoms with Gasteiger partial charge in [-0.2, -0.15) is 0 Å². The van der Waals surface area contributed by atoms with Gasteiger partial charge >= 0.3 is 6.09 Å². The lowest BCUT2D eigenvalue weighted by Gasteiger charge is -2.17. The predicted octanol–water partition coefficient (Wildman–Crippen LogP) is 4.06. The highest BCUT2D eigenvalue weighted by atomic mass is 127. The Hall–Kier alpha value is -1.56. The van der Waals surface area contributed by atoms with Gasteiger partial charge in [0.25, 0.3) is 0 Å². The lowest BCUT2D eigenvalue weighted by molar-refractivity contribution is 0.148. The van der Waals surface area contributed by atoms with Crippen LogP contribution in [-0.4, -0.2) is 13.1 Å². The average molecular weight is 367 g/mol. The number of halogens is 1. The third-order valence-corrected chi connectivity index (χ3v) is 3.41. The van der Waals surface area contributed by atoms with Crippen LogP contribution in [0.2, 0.25) is 0 Å². The van der Waals surface area contributed by atoms with E-state index < -0.39 is 0 Å². The van der Waals surface area contributed by atoms with Crippen LogP contribution in [-0.2, 0) is 11.3 Å². The average Bonchev–Trinajstić information content (AvgIpc) is 2.46. The zero-order valence-electron chi connectivity index (χ0n) is 10.5. The van der Waals surface area contributed by atoms with E-state index in [0.717, 1.165) is 14.8 Å². The molecule has 0 spiro atoms. The molecule has 0 saturated carbocycles. The summed E-state index contributed by atoms with van der Waals surface area (Å²) in [6, 6.07) is 17.3. The van der Waals surface area contributed by atoms with Crippen LogP contribution in [0.5, 0.6) is 0 Å². The van der Waals surface area contributed by atoms with Gasteiger partial charge in [0.2, 0.25) is 0 Å². The molecule has 0 radical (unpaired) electrons. The van der Waals surface area contributed by atoms with E-state index in [2.05, 4.69) is 22.6 Å². The first-order chi connectivity index (χ1) is 9.16. The van der Waals surface area contributed by atoms with Crippen molar-refractivity contribution in [2.75, 3.05) is 11.9 Å². The maximum absolute atomic E-state index is 11.9. The molecule has 3 nitrogen and oxygen atoms in total. The summed E-state index contributed by atoms with van der Waals surface area (Å²) in [4.78, 5) is 13.4. The maximum Gasteiger partial charge on any atom is 0.414 e. The molecule has 0 saturated heterocycles. The molecule has 0 bridgehead atoms. The van der Waals surface area contributed by atoms with Crippen molar-refractivity contribution in [3.63, 3.8) is 0 Å². The molecule has 0 heterocycles. The Balaban J connectivity index is 1.94. The summed E-state index contributed by atoms with van der Waals surface area (Å²) in [6.45, 7) is 0.286. The molecular weight excluding hydrogens is 353 g/mol. The minimum Gasteiger partial charge on any atom is -0.444 e. The van der Waals surface area contributed by atoms with Crippen LogP contribution >= 0.6 is 22.6 Å². The number of rotatable bonds is 3. The molecule has 2 aromatic carbocycles. The quantitative estimate of drug-likeness (QED) is 0.766. The summed E-state index contributed by atoms with van der Waals surface area (Å²) in [5.41, 5.74) is 1.80. The first kappa shape index (κ1) is 13.9. The van der Waals surface area contributed by atoms with Crippen molar-refractivity contribution >= 4 is 34.4 Å². The largest absolute Gasteiger partial charge is 0.444 e. The smallest absolute Gasteiger partial charge is 0.414 e. The molecule has 2 aromatic rings. The number of benzene rings is 2. The SMILES string of the molecule is CN(C(=O)OCc1ccccc1)c1ccc(I)cc1. The van der Waals surface area contributed by atoms with E-state index in [-0.39, 0.29) is 12.7 Å². The van der Waals surface area contributed by atoms with Gasteiger partial charge < -0.3 is 4.74 Å². The van der Waals surface area contributed by atoms with E-state index in [1.807, 2.05) is 54.6 Å². The number of hydrogen-bond acceptors (Lipinski definition) is 2. The van der Waals surface area contributed by atoms with Gasteiger partial charge in [-0.25, -0.2) is 4.79 Å². The standard InChI is InChI=1S/C15H14INO2/c1-17(14-9-7-13(16)8-10-14)15(18)19-11-12-5-3-2-4-6-12/h2-10H,11H2,1H3. The molecule has 0 aromatic heterocycles. The Morgan fingerprint density at radius 3 is 2.37 bits per heavy atom. The summed E-state index contributed by atoms with van der Waals surface area (Å²) in [5.74, 6) is 0. The lowest BCUT2D eigenvalue weighted by atomic mass is 10.2. The second-order valence-electron chi connectivity index (χ2n) is 4.08. The topological polar surface area (TPSA) is 29.5 Å². The molecule has 4 heteroatoms.